The second kappa shape index (κ2) is 5.60. The molecule has 18 heavy (non-hydrogen) atoms. The van der Waals surface area contributed by atoms with Crippen LogP contribution in [-0.4, -0.2) is 35.1 Å². The Morgan fingerprint density at radius 2 is 2.06 bits per heavy atom. The first kappa shape index (κ1) is 13.9. The predicted octanol–water partition coefficient (Wildman–Crippen LogP) is 3.14. The summed E-state index contributed by atoms with van der Waals surface area (Å²) in [4.78, 5) is 13.5. The molecule has 0 radical (unpaired) electrons. The van der Waals surface area contributed by atoms with Crippen LogP contribution in [0, 0.1) is 11.3 Å². The van der Waals surface area contributed by atoms with E-state index in [0.717, 1.165) is 13.0 Å². The molecule has 0 spiro atoms. The van der Waals surface area contributed by atoms with Crippen molar-refractivity contribution in [3.63, 3.8) is 0 Å². The minimum Gasteiger partial charge on any atom is -0.481 e. The molecule has 0 bridgehead atoms. The second-order valence-electron chi connectivity index (χ2n) is 6.85. The predicted molar refractivity (Wildman–Crippen MR) is 72.6 cm³/mol. The Balaban J connectivity index is 1.97. The van der Waals surface area contributed by atoms with E-state index in [1.807, 2.05) is 0 Å². The number of carboxylic acid groups (broad SMARTS) is 1. The SMILES string of the molecule is CC1(C)CCCCC1N1CCCC(CC(=O)O)C1. The molecular weight excluding hydrogens is 226 g/mol. The Morgan fingerprint density at radius 3 is 2.72 bits per heavy atom. The molecule has 1 saturated carbocycles. The zero-order chi connectivity index (χ0) is 13.2. The maximum atomic E-state index is 10.9. The van der Waals surface area contributed by atoms with E-state index in [9.17, 15) is 4.79 Å². The van der Waals surface area contributed by atoms with Gasteiger partial charge in [0.2, 0.25) is 0 Å². The van der Waals surface area contributed by atoms with Crippen LogP contribution in [-0.2, 0) is 4.79 Å². The summed E-state index contributed by atoms with van der Waals surface area (Å²) in [6.45, 7) is 6.94. The lowest BCUT2D eigenvalue weighted by molar-refractivity contribution is -0.138. The summed E-state index contributed by atoms with van der Waals surface area (Å²) in [5, 5.41) is 8.95. The zero-order valence-electron chi connectivity index (χ0n) is 11.8. The number of carboxylic acids is 1. The first-order valence-corrected chi connectivity index (χ1v) is 7.45. The van der Waals surface area contributed by atoms with Gasteiger partial charge in [-0.2, -0.15) is 0 Å². The van der Waals surface area contributed by atoms with Crippen molar-refractivity contribution < 1.29 is 9.90 Å². The summed E-state index contributed by atoms with van der Waals surface area (Å²) in [6.07, 6.45) is 7.93. The molecule has 2 rings (SSSR count). The number of piperidine rings is 1. The van der Waals surface area contributed by atoms with E-state index in [2.05, 4.69) is 18.7 Å². The monoisotopic (exact) mass is 253 g/mol. The normalized spacial score (nSPS) is 33.2. The Labute approximate surface area is 111 Å². The van der Waals surface area contributed by atoms with E-state index < -0.39 is 5.97 Å². The lowest BCUT2D eigenvalue weighted by atomic mass is 9.72. The summed E-state index contributed by atoms with van der Waals surface area (Å²) in [5.74, 6) is -0.265. The molecule has 0 aromatic rings. The summed E-state index contributed by atoms with van der Waals surface area (Å²) >= 11 is 0. The fraction of sp³-hybridized carbons (Fsp3) is 0.933. The molecule has 1 aliphatic carbocycles. The number of hydrogen-bond donors (Lipinski definition) is 1. The van der Waals surface area contributed by atoms with Crippen molar-refractivity contribution in [1.82, 2.24) is 4.90 Å². The Morgan fingerprint density at radius 1 is 1.28 bits per heavy atom. The smallest absolute Gasteiger partial charge is 0.303 e. The number of hydrogen-bond acceptors (Lipinski definition) is 2. The molecule has 2 atom stereocenters. The van der Waals surface area contributed by atoms with E-state index in [1.54, 1.807) is 0 Å². The van der Waals surface area contributed by atoms with Crippen LogP contribution in [0.4, 0.5) is 0 Å². The lowest BCUT2D eigenvalue weighted by Crippen LogP contribution is -2.51. The van der Waals surface area contributed by atoms with Crippen LogP contribution in [0.15, 0.2) is 0 Å². The average molecular weight is 253 g/mol. The molecule has 0 amide bonds. The molecule has 2 fully saturated rings. The van der Waals surface area contributed by atoms with Gasteiger partial charge in [0.25, 0.3) is 0 Å². The van der Waals surface area contributed by atoms with Gasteiger partial charge in [0.1, 0.15) is 0 Å². The number of likely N-dealkylation sites (tertiary alicyclic amines) is 1. The van der Waals surface area contributed by atoms with E-state index in [1.165, 1.54) is 38.6 Å². The molecule has 3 nitrogen and oxygen atoms in total. The van der Waals surface area contributed by atoms with Gasteiger partial charge in [0, 0.05) is 19.0 Å². The van der Waals surface area contributed by atoms with Crippen LogP contribution >= 0.6 is 0 Å². The quantitative estimate of drug-likeness (QED) is 0.840. The molecule has 2 aliphatic rings. The fourth-order valence-electron chi connectivity index (χ4n) is 3.95. The maximum Gasteiger partial charge on any atom is 0.303 e. The molecule has 1 aliphatic heterocycles. The van der Waals surface area contributed by atoms with Crippen LogP contribution in [0.3, 0.4) is 0 Å². The minimum absolute atomic E-state index is 0.351. The summed E-state index contributed by atoms with van der Waals surface area (Å²) in [6, 6.07) is 0.669. The number of carbonyl (C=O) groups is 1. The fourth-order valence-corrected chi connectivity index (χ4v) is 3.95. The highest BCUT2D eigenvalue weighted by Gasteiger charge is 2.38. The van der Waals surface area contributed by atoms with E-state index >= 15 is 0 Å². The molecule has 2 unspecified atom stereocenters. The third kappa shape index (κ3) is 3.25. The third-order valence-electron chi connectivity index (χ3n) is 4.91. The average Bonchev–Trinajstić information content (AvgIpc) is 2.27. The minimum atomic E-state index is -0.634. The number of rotatable bonds is 3. The van der Waals surface area contributed by atoms with Crippen LogP contribution in [0.5, 0.6) is 0 Å². The van der Waals surface area contributed by atoms with E-state index in [-0.39, 0.29) is 0 Å². The van der Waals surface area contributed by atoms with Crippen molar-refractivity contribution in [2.24, 2.45) is 11.3 Å². The molecule has 1 saturated heterocycles. The van der Waals surface area contributed by atoms with Gasteiger partial charge in [-0.15, -0.1) is 0 Å². The van der Waals surface area contributed by atoms with Gasteiger partial charge in [-0.1, -0.05) is 26.7 Å². The van der Waals surface area contributed by atoms with Gasteiger partial charge in [-0.3, -0.25) is 9.69 Å². The number of nitrogens with zero attached hydrogens (tertiary/aromatic N) is 1. The first-order chi connectivity index (χ1) is 8.49. The second-order valence-corrected chi connectivity index (χ2v) is 6.85. The molecular formula is C15H27NO2. The summed E-state index contributed by atoms with van der Waals surface area (Å²) < 4.78 is 0. The van der Waals surface area contributed by atoms with Crippen LogP contribution in [0.1, 0.15) is 58.8 Å². The van der Waals surface area contributed by atoms with Crippen LogP contribution in [0.25, 0.3) is 0 Å². The Kier molecular flexibility index (Phi) is 4.31. The molecule has 0 aromatic carbocycles. The van der Waals surface area contributed by atoms with Gasteiger partial charge < -0.3 is 5.11 Å². The Hall–Kier alpha value is -0.570. The van der Waals surface area contributed by atoms with Crippen molar-refractivity contribution in [2.45, 2.75) is 64.8 Å². The topological polar surface area (TPSA) is 40.5 Å². The van der Waals surface area contributed by atoms with Crippen molar-refractivity contribution >= 4 is 5.97 Å². The van der Waals surface area contributed by atoms with Gasteiger partial charge in [0.15, 0.2) is 0 Å². The highest BCUT2D eigenvalue weighted by atomic mass is 16.4. The first-order valence-electron chi connectivity index (χ1n) is 7.45. The highest BCUT2D eigenvalue weighted by Crippen LogP contribution is 2.40. The van der Waals surface area contributed by atoms with E-state index in [4.69, 9.17) is 5.11 Å². The van der Waals surface area contributed by atoms with Crippen molar-refractivity contribution in [1.29, 1.82) is 0 Å². The van der Waals surface area contributed by atoms with E-state index in [0.29, 0.717) is 23.8 Å². The van der Waals surface area contributed by atoms with Gasteiger partial charge in [-0.05, 0) is 43.6 Å². The largest absolute Gasteiger partial charge is 0.481 e. The van der Waals surface area contributed by atoms with Gasteiger partial charge >= 0.3 is 5.97 Å². The van der Waals surface area contributed by atoms with Crippen LogP contribution in [0.2, 0.25) is 0 Å². The van der Waals surface area contributed by atoms with Crippen molar-refractivity contribution in [3.8, 4) is 0 Å². The molecule has 3 heteroatoms. The number of aliphatic carboxylic acids is 1. The third-order valence-corrected chi connectivity index (χ3v) is 4.91. The maximum absolute atomic E-state index is 10.9. The molecule has 104 valence electrons. The summed E-state index contributed by atoms with van der Waals surface area (Å²) in [5.41, 5.74) is 0.406. The molecule has 1 N–H and O–H groups in total. The standard InChI is InChI=1S/C15H27NO2/c1-15(2)8-4-3-7-13(15)16-9-5-6-12(11-16)10-14(17)18/h12-13H,3-11H2,1-2H3,(H,17,18). The molecule has 1 heterocycles. The zero-order valence-corrected chi connectivity index (χ0v) is 11.8. The highest BCUT2D eigenvalue weighted by molar-refractivity contribution is 5.67. The Bertz CT molecular complexity index is 301. The van der Waals surface area contributed by atoms with Crippen LogP contribution < -0.4 is 0 Å². The molecule has 0 aromatic heterocycles. The van der Waals surface area contributed by atoms with Crippen molar-refractivity contribution in [2.75, 3.05) is 13.1 Å². The van der Waals surface area contributed by atoms with Crippen molar-refractivity contribution in [3.05, 3.63) is 0 Å². The lowest BCUT2D eigenvalue weighted by Gasteiger charge is -2.48. The summed E-state index contributed by atoms with van der Waals surface area (Å²) in [7, 11) is 0. The van der Waals surface area contributed by atoms with Gasteiger partial charge in [0.05, 0.1) is 0 Å². The van der Waals surface area contributed by atoms with Gasteiger partial charge in [-0.25, -0.2) is 0 Å².